The van der Waals surface area contributed by atoms with Crippen LogP contribution in [0.2, 0.25) is 0 Å². The first-order valence-corrected chi connectivity index (χ1v) is 14.8. The number of carboxylic acid groups (broad SMARTS) is 1. The van der Waals surface area contributed by atoms with E-state index in [2.05, 4.69) is 0 Å². The fourth-order valence-electron chi connectivity index (χ4n) is 3.85. The molecule has 1 aromatic carbocycles. The van der Waals surface area contributed by atoms with E-state index in [1.807, 2.05) is 41.5 Å². The first-order valence-electron chi connectivity index (χ1n) is 14.8. The van der Waals surface area contributed by atoms with Crippen LogP contribution in [0, 0.1) is 23.7 Å². The lowest BCUT2D eigenvalue weighted by Gasteiger charge is -2.31. The van der Waals surface area contributed by atoms with Gasteiger partial charge in [-0.3, -0.25) is 4.79 Å². The van der Waals surface area contributed by atoms with Crippen molar-refractivity contribution in [1.29, 1.82) is 0 Å². The van der Waals surface area contributed by atoms with Crippen LogP contribution in [0.3, 0.4) is 0 Å². The highest BCUT2D eigenvalue weighted by atomic mass is 16.7. The predicted molar refractivity (Wildman–Crippen MR) is 158 cm³/mol. The van der Waals surface area contributed by atoms with Gasteiger partial charge in [0.05, 0.1) is 19.8 Å². The number of carboxylic acids is 1. The first-order chi connectivity index (χ1) is 20.1. The van der Waals surface area contributed by atoms with Crippen molar-refractivity contribution in [3.8, 4) is 11.5 Å². The van der Waals surface area contributed by atoms with Crippen molar-refractivity contribution < 1.29 is 52.7 Å². The minimum Gasteiger partial charge on any atom is -0.480 e. The van der Waals surface area contributed by atoms with Crippen molar-refractivity contribution in [3.05, 3.63) is 23.8 Å². The summed E-state index contributed by atoms with van der Waals surface area (Å²) in [5.74, 6) is -2.29. The molecule has 4 atom stereocenters. The molecule has 0 amide bonds. The van der Waals surface area contributed by atoms with E-state index in [4.69, 9.17) is 34.2 Å². The van der Waals surface area contributed by atoms with Gasteiger partial charge in [0.2, 0.25) is 0 Å². The van der Waals surface area contributed by atoms with Gasteiger partial charge in [-0.2, -0.15) is 0 Å². The summed E-state index contributed by atoms with van der Waals surface area (Å²) in [4.78, 5) is 49.1. The molecule has 12 nitrogen and oxygen atoms in total. The molecule has 0 aliphatic carbocycles. The van der Waals surface area contributed by atoms with E-state index in [0.717, 1.165) is 0 Å². The van der Waals surface area contributed by atoms with Crippen LogP contribution in [0.25, 0.3) is 0 Å². The van der Waals surface area contributed by atoms with Crippen molar-refractivity contribution >= 4 is 24.4 Å². The third-order valence-corrected chi connectivity index (χ3v) is 6.75. The van der Waals surface area contributed by atoms with Gasteiger partial charge >= 0.3 is 24.4 Å². The Bertz CT molecular complexity index is 1040. The number of benzene rings is 1. The summed E-state index contributed by atoms with van der Waals surface area (Å²) in [5.41, 5.74) is 6.44. The average Bonchev–Trinajstić information content (AvgIpc) is 2.89. The Kier molecular flexibility index (Phi) is 16.5. The van der Waals surface area contributed by atoms with Gasteiger partial charge < -0.3 is 39.3 Å². The molecule has 0 aromatic heterocycles. The molecule has 0 saturated heterocycles. The molecule has 1 aromatic rings. The SMILES string of the molecule is CC(C)CCOC(=O)Oc1ccc(C(C(C)C(C)OC(=O)OCCC(C)C)[C@H](N)C(=O)O)cc1OC(=O)OCCC(C)C. The van der Waals surface area contributed by atoms with Crippen LogP contribution in [-0.4, -0.2) is 61.5 Å². The van der Waals surface area contributed by atoms with Gasteiger partial charge in [-0.1, -0.05) is 54.5 Å². The maximum atomic E-state index is 12.5. The van der Waals surface area contributed by atoms with Crippen LogP contribution >= 0.6 is 0 Å². The molecule has 1 rings (SSSR count). The molecule has 0 aliphatic heterocycles. The normalized spacial score (nSPS) is 14.0. The standard InChI is InChI=1S/C31H49NO11/c1-18(2)11-14-38-29(35)41-22(8)21(7)26(27(32)28(33)34)23-9-10-24(42-30(36)39-15-12-19(3)4)25(17-23)43-31(37)40-16-13-20(5)6/h9-10,17-22,26-27H,11-16,32H2,1-8H3,(H,33,34)/t21?,22?,26?,27-/m0/s1. The molecule has 0 heterocycles. The third kappa shape index (κ3) is 14.5. The Morgan fingerprint density at radius 3 is 1.58 bits per heavy atom. The van der Waals surface area contributed by atoms with Crippen molar-refractivity contribution in [2.45, 2.75) is 92.7 Å². The molecule has 0 aliphatic rings. The van der Waals surface area contributed by atoms with Crippen LogP contribution in [-0.2, 0) is 23.7 Å². The van der Waals surface area contributed by atoms with Crippen LogP contribution < -0.4 is 15.2 Å². The molecule has 0 fully saturated rings. The smallest absolute Gasteiger partial charge is 0.480 e. The molecule has 3 unspecified atom stereocenters. The highest BCUT2D eigenvalue weighted by Crippen LogP contribution is 2.37. The second-order valence-corrected chi connectivity index (χ2v) is 11.8. The van der Waals surface area contributed by atoms with Crippen LogP contribution in [0.5, 0.6) is 11.5 Å². The maximum absolute atomic E-state index is 12.5. The molecule has 244 valence electrons. The largest absolute Gasteiger partial charge is 0.513 e. The van der Waals surface area contributed by atoms with Gasteiger partial charge in [0, 0.05) is 11.8 Å². The number of hydrogen-bond donors (Lipinski definition) is 2. The maximum Gasteiger partial charge on any atom is 0.513 e. The monoisotopic (exact) mass is 611 g/mol. The summed E-state index contributed by atoms with van der Waals surface area (Å²) in [6.45, 7) is 15.6. The Balaban J connectivity index is 3.30. The van der Waals surface area contributed by atoms with E-state index in [1.54, 1.807) is 13.8 Å². The fourth-order valence-corrected chi connectivity index (χ4v) is 3.85. The van der Waals surface area contributed by atoms with Crippen LogP contribution in [0.4, 0.5) is 14.4 Å². The van der Waals surface area contributed by atoms with Crippen molar-refractivity contribution in [2.24, 2.45) is 29.4 Å². The summed E-state index contributed by atoms with van der Waals surface area (Å²) in [5, 5.41) is 9.80. The number of ether oxygens (including phenoxy) is 6. The first kappa shape index (κ1) is 37.5. The number of hydrogen-bond acceptors (Lipinski definition) is 11. The molecular formula is C31H49NO11. The molecule has 43 heavy (non-hydrogen) atoms. The lowest BCUT2D eigenvalue weighted by Crippen LogP contribution is -2.42. The molecule has 3 N–H and O–H groups in total. The van der Waals surface area contributed by atoms with Gasteiger partial charge in [-0.05, 0) is 61.6 Å². The topological polar surface area (TPSA) is 170 Å². The zero-order chi connectivity index (χ0) is 32.7. The molecular weight excluding hydrogens is 562 g/mol. The predicted octanol–water partition coefficient (Wildman–Crippen LogP) is 6.53. The van der Waals surface area contributed by atoms with Crippen LogP contribution in [0.15, 0.2) is 18.2 Å². The van der Waals surface area contributed by atoms with E-state index in [1.165, 1.54) is 18.2 Å². The molecule has 0 spiro atoms. The highest BCUT2D eigenvalue weighted by Gasteiger charge is 2.36. The molecule has 0 bridgehead atoms. The molecule has 0 saturated carbocycles. The van der Waals surface area contributed by atoms with Crippen molar-refractivity contribution in [1.82, 2.24) is 0 Å². The van der Waals surface area contributed by atoms with E-state index in [9.17, 15) is 24.3 Å². The van der Waals surface area contributed by atoms with Crippen LogP contribution in [0.1, 0.15) is 86.1 Å². The minimum atomic E-state index is -1.43. The number of carbonyl (C=O) groups is 4. The zero-order valence-corrected chi connectivity index (χ0v) is 26.6. The summed E-state index contributed by atoms with van der Waals surface area (Å²) in [6.07, 6.45) is -1.84. The summed E-state index contributed by atoms with van der Waals surface area (Å²) in [7, 11) is 0. The number of nitrogens with two attached hydrogens (primary N) is 1. The summed E-state index contributed by atoms with van der Waals surface area (Å²) >= 11 is 0. The van der Waals surface area contributed by atoms with E-state index < -0.39 is 48.4 Å². The van der Waals surface area contributed by atoms with Crippen molar-refractivity contribution in [2.75, 3.05) is 19.8 Å². The molecule has 0 radical (unpaired) electrons. The van der Waals surface area contributed by atoms with Crippen molar-refractivity contribution in [3.63, 3.8) is 0 Å². The van der Waals surface area contributed by atoms with E-state index in [0.29, 0.717) is 36.7 Å². The van der Waals surface area contributed by atoms with E-state index in [-0.39, 0.29) is 37.2 Å². The summed E-state index contributed by atoms with van der Waals surface area (Å²) < 4.78 is 31.5. The quantitative estimate of drug-likeness (QED) is 0.111. The number of aliphatic carboxylic acids is 1. The van der Waals surface area contributed by atoms with Gasteiger partial charge in [0.1, 0.15) is 12.1 Å². The minimum absolute atomic E-state index is 0.106. The third-order valence-electron chi connectivity index (χ3n) is 6.75. The lowest BCUT2D eigenvalue weighted by molar-refractivity contribution is -0.139. The van der Waals surface area contributed by atoms with E-state index >= 15 is 0 Å². The zero-order valence-electron chi connectivity index (χ0n) is 26.6. The second kappa shape index (κ2) is 18.9. The lowest BCUT2D eigenvalue weighted by atomic mass is 9.79. The Hall–Kier alpha value is -3.54. The Labute approximate surface area is 254 Å². The Morgan fingerprint density at radius 1 is 0.698 bits per heavy atom. The van der Waals surface area contributed by atoms with Gasteiger partial charge in [0.25, 0.3) is 0 Å². The Morgan fingerprint density at radius 2 is 1.14 bits per heavy atom. The van der Waals surface area contributed by atoms with Gasteiger partial charge in [0.15, 0.2) is 11.5 Å². The average molecular weight is 612 g/mol. The molecule has 12 heteroatoms. The fraction of sp³-hybridized carbons (Fsp3) is 0.677. The summed E-state index contributed by atoms with van der Waals surface area (Å²) in [6, 6.07) is 2.75. The number of carbonyl (C=O) groups excluding carboxylic acids is 3. The second-order valence-electron chi connectivity index (χ2n) is 11.8. The highest BCUT2D eigenvalue weighted by molar-refractivity contribution is 5.75. The van der Waals surface area contributed by atoms with Gasteiger partial charge in [-0.25, -0.2) is 14.4 Å². The van der Waals surface area contributed by atoms with Gasteiger partial charge in [-0.15, -0.1) is 0 Å². The number of rotatable bonds is 17.